The molecule has 0 aliphatic carbocycles. The minimum atomic E-state index is -0.719. The summed E-state index contributed by atoms with van der Waals surface area (Å²) < 4.78 is 0. The summed E-state index contributed by atoms with van der Waals surface area (Å²) in [5.74, 6) is 0. The van der Waals surface area contributed by atoms with Gasteiger partial charge in [-0.15, -0.1) is 0 Å². The Morgan fingerprint density at radius 2 is 2.31 bits per heavy atom. The normalized spacial score (nSPS) is 26.9. The van der Waals surface area contributed by atoms with Gasteiger partial charge in [-0.05, 0) is 43.6 Å². The summed E-state index contributed by atoms with van der Waals surface area (Å²) >= 11 is 0. The first-order valence-corrected chi connectivity index (χ1v) is 5.95. The van der Waals surface area contributed by atoms with Crippen molar-refractivity contribution in [1.82, 2.24) is 4.90 Å². The molecule has 1 aliphatic rings. The lowest BCUT2D eigenvalue weighted by Gasteiger charge is -2.39. The summed E-state index contributed by atoms with van der Waals surface area (Å²) in [6, 6.07) is 7.62. The SMILES string of the molecule is CCN1CCC[C@@](O)(c2cccc(N)c2)C1. The van der Waals surface area contributed by atoms with Gasteiger partial charge in [-0.2, -0.15) is 0 Å². The first-order valence-electron chi connectivity index (χ1n) is 5.95. The number of anilines is 1. The van der Waals surface area contributed by atoms with Crippen LogP contribution < -0.4 is 5.73 Å². The number of β-amino-alcohol motifs (C(OH)–C–C–N with tert-alkyl or cyclic N) is 1. The van der Waals surface area contributed by atoms with Crippen molar-refractivity contribution in [1.29, 1.82) is 0 Å². The maximum Gasteiger partial charge on any atom is 0.102 e. The summed E-state index contributed by atoms with van der Waals surface area (Å²) in [6.07, 6.45) is 1.87. The monoisotopic (exact) mass is 220 g/mol. The zero-order chi connectivity index (χ0) is 11.6. The third-order valence-electron chi connectivity index (χ3n) is 3.42. The summed E-state index contributed by atoms with van der Waals surface area (Å²) in [7, 11) is 0. The molecule has 1 heterocycles. The zero-order valence-corrected chi connectivity index (χ0v) is 9.82. The van der Waals surface area contributed by atoms with Crippen LogP contribution in [-0.2, 0) is 5.60 Å². The first kappa shape index (κ1) is 11.4. The Kier molecular flexibility index (Phi) is 3.17. The van der Waals surface area contributed by atoms with Gasteiger partial charge >= 0.3 is 0 Å². The van der Waals surface area contributed by atoms with Crippen LogP contribution in [0.1, 0.15) is 25.3 Å². The van der Waals surface area contributed by atoms with Crippen molar-refractivity contribution in [3.63, 3.8) is 0 Å². The second kappa shape index (κ2) is 4.44. The molecule has 2 rings (SSSR count). The highest BCUT2D eigenvalue weighted by Crippen LogP contribution is 2.32. The average Bonchev–Trinajstić information content (AvgIpc) is 2.29. The van der Waals surface area contributed by atoms with Gasteiger partial charge in [0.25, 0.3) is 0 Å². The van der Waals surface area contributed by atoms with Gasteiger partial charge in [0, 0.05) is 12.2 Å². The first-order chi connectivity index (χ1) is 7.64. The molecule has 0 unspecified atom stereocenters. The van der Waals surface area contributed by atoms with E-state index in [1.54, 1.807) is 0 Å². The number of nitrogen functional groups attached to an aromatic ring is 1. The van der Waals surface area contributed by atoms with E-state index in [2.05, 4.69) is 11.8 Å². The van der Waals surface area contributed by atoms with Crippen molar-refractivity contribution < 1.29 is 5.11 Å². The minimum absolute atomic E-state index is 0.715. The van der Waals surface area contributed by atoms with Crippen molar-refractivity contribution >= 4 is 5.69 Å². The highest BCUT2D eigenvalue weighted by Gasteiger charge is 2.34. The van der Waals surface area contributed by atoms with Crippen molar-refractivity contribution in [2.45, 2.75) is 25.4 Å². The van der Waals surface area contributed by atoms with Crippen molar-refractivity contribution in [3.05, 3.63) is 29.8 Å². The van der Waals surface area contributed by atoms with E-state index in [0.717, 1.165) is 37.2 Å². The number of nitrogens with two attached hydrogens (primary N) is 1. The number of rotatable bonds is 2. The lowest BCUT2D eigenvalue weighted by Crippen LogP contribution is -2.45. The molecule has 1 fully saturated rings. The predicted octanol–water partition coefficient (Wildman–Crippen LogP) is 1.57. The number of hydrogen-bond acceptors (Lipinski definition) is 3. The van der Waals surface area contributed by atoms with Crippen LogP contribution in [-0.4, -0.2) is 29.6 Å². The van der Waals surface area contributed by atoms with Crippen LogP contribution in [0.2, 0.25) is 0 Å². The molecule has 16 heavy (non-hydrogen) atoms. The summed E-state index contributed by atoms with van der Waals surface area (Å²) in [4.78, 5) is 2.28. The predicted molar refractivity (Wildman–Crippen MR) is 66.1 cm³/mol. The van der Waals surface area contributed by atoms with E-state index in [1.165, 1.54) is 0 Å². The van der Waals surface area contributed by atoms with Crippen molar-refractivity contribution in [2.75, 3.05) is 25.4 Å². The van der Waals surface area contributed by atoms with Gasteiger partial charge in [0.1, 0.15) is 5.60 Å². The Bertz CT molecular complexity index is 367. The fourth-order valence-corrected chi connectivity index (χ4v) is 2.46. The largest absolute Gasteiger partial charge is 0.399 e. The number of likely N-dealkylation sites (tertiary alicyclic amines) is 1. The Morgan fingerprint density at radius 3 is 3.00 bits per heavy atom. The Morgan fingerprint density at radius 1 is 1.50 bits per heavy atom. The zero-order valence-electron chi connectivity index (χ0n) is 9.82. The molecule has 0 saturated carbocycles. The molecule has 1 saturated heterocycles. The highest BCUT2D eigenvalue weighted by atomic mass is 16.3. The third kappa shape index (κ3) is 2.20. The number of nitrogens with zero attached hydrogens (tertiary/aromatic N) is 1. The standard InChI is InChI=1S/C13H20N2O/c1-2-15-8-4-7-13(16,10-15)11-5-3-6-12(14)9-11/h3,5-6,9,16H,2,4,7-8,10,14H2,1H3/t13-/m0/s1. The molecule has 3 nitrogen and oxygen atoms in total. The molecule has 1 aromatic rings. The van der Waals surface area contributed by atoms with Gasteiger partial charge < -0.3 is 15.7 Å². The Balaban J connectivity index is 2.23. The van der Waals surface area contributed by atoms with Gasteiger partial charge in [0.05, 0.1) is 0 Å². The maximum absolute atomic E-state index is 10.7. The number of piperidine rings is 1. The van der Waals surface area contributed by atoms with E-state index in [4.69, 9.17) is 5.73 Å². The van der Waals surface area contributed by atoms with E-state index in [-0.39, 0.29) is 0 Å². The van der Waals surface area contributed by atoms with E-state index in [1.807, 2.05) is 24.3 Å². The molecular weight excluding hydrogens is 200 g/mol. The van der Waals surface area contributed by atoms with Crippen LogP contribution in [0.4, 0.5) is 5.69 Å². The maximum atomic E-state index is 10.7. The number of hydrogen-bond donors (Lipinski definition) is 2. The molecule has 1 atom stereocenters. The summed E-state index contributed by atoms with van der Waals surface area (Å²) in [5.41, 5.74) is 6.72. The van der Waals surface area contributed by atoms with E-state index in [0.29, 0.717) is 6.54 Å². The Labute approximate surface area is 96.9 Å². The lowest BCUT2D eigenvalue weighted by molar-refractivity contribution is -0.0339. The van der Waals surface area contributed by atoms with Gasteiger partial charge in [0.15, 0.2) is 0 Å². The third-order valence-corrected chi connectivity index (χ3v) is 3.42. The summed E-state index contributed by atoms with van der Waals surface area (Å²) in [6.45, 7) is 4.92. The average molecular weight is 220 g/mol. The smallest absolute Gasteiger partial charge is 0.102 e. The molecule has 3 N–H and O–H groups in total. The van der Waals surface area contributed by atoms with Crippen LogP contribution in [0.3, 0.4) is 0 Å². The van der Waals surface area contributed by atoms with Crippen molar-refractivity contribution in [2.24, 2.45) is 0 Å². The van der Waals surface area contributed by atoms with E-state index in [9.17, 15) is 5.11 Å². The van der Waals surface area contributed by atoms with Gasteiger partial charge in [-0.25, -0.2) is 0 Å². The molecule has 0 aromatic heterocycles. The molecule has 88 valence electrons. The molecule has 1 aromatic carbocycles. The second-order valence-corrected chi connectivity index (χ2v) is 4.63. The van der Waals surface area contributed by atoms with Crippen LogP contribution in [0, 0.1) is 0 Å². The molecule has 0 spiro atoms. The van der Waals surface area contributed by atoms with Gasteiger partial charge in [-0.1, -0.05) is 19.1 Å². The number of benzene rings is 1. The van der Waals surface area contributed by atoms with E-state index < -0.39 is 5.60 Å². The number of aliphatic hydroxyl groups is 1. The van der Waals surface area contributed by atoms with Crippen LogP contribution in [0.5, 0.6) is 0 Å². The molecule has 3 heteroatoms. The molecule has 0 bridgehead atoms. The second-order valence-electron chi connectivity index (χ2n) is 4.63. The van der Waals surface area contributed by atoms with Crippen LogP contribution in [0.25, 0.3) is 0 Å². The topological polar surface area (TPSA) is 49.5 Å². The van der Waals surface area contributed by atoms with Crippen LogP contribution in [0.15, 0.2) is 24.3 Å². The quantitative estimate of drug-likeness (QED) is 0.744. The molecule has 0 radical (unpaired) electrons. The van der Waals surface area contributed by atoms with Crippen molar-refractivity contribution in [3.8, 4) is 0 Å². The highest BCUT2D eigenvalue weighted by molar-refractivity contribution is 5.42. The van der Waals surface area contributed by atoms with Gasteiger partial charge in [-0.3, -0.25) is 0 Å². The minimum Gasteiger partial charge on any atom is -0.399 e. The number of likely N-dealkylation sites (N-methyl/N-ethyl adjacent to an activating group) is 1. The van der Waals surface area contributed by atoms with Gasteiger partial charge in [0.2, 0.25) is 0 Å². The molecule has 1 aliphatic heterocycles. The molecular formula is C13H20N2O. The fraction of sp³-hybridized carbons (Fsp3) is 0.538. The van der Waals surface area contributed by atoms with E-state index >= 15 is 0 Å². The fourth-order valence-electron chi connectivity index (χ4n) is 2.46. The lowest BCUT2D eigenvalue weighted by atomic mass is 9.85. The summed E-state index contributed by atoms with van der Waals surface area (Å²) in [5, 5.41) is 10.7. The Hall–Kier alpha value is -1.06. The van der Waals surface area contributed by atoms with Crippen LogP contribution >= 0.6 is 0 Å². The molecule has 0 amide bonds.